The van der Waals surface area contributed by atoms with E-state index in [1.165, 1.54) is 12.1 Å². The minimum Gasteiger partial charge on any atom is -0.487 e. The molecular formula is C28H26ClFN4O2. The first-order chi connectivity index (χ1) is 17.6. The van der Waals surface area contributed by atoms with Gasteiger partial charge in [0.2, 0.25) is 0 Å². The van der Waals surface area contributed by atoms with Gasteiger partial charge in [0, 0.05) is 43.0 Å². The number of nitrogens with one attached hydrogen (secondary N) is 2. The molecule has 1 aliphatic heterocycles. The molecular weight excluding hydrogens is 479 g/mol. The van der Waals surface area contributed by atoms with E-state index in [0.717, 1.165) is 46.0 Å². The maximum atomic E-state index is 13.4. The van der Waals surface area contributed by atoms with Gasteiger partial charge in [0.1, 0.15) is 30.7 Å². The average molecular weight is 505 g/mol. The second-order valence-electron chi connectivity index (χ2n) is 8.42. The Morgan fingerprint density at radius 3 is 2.83 bits per heavy atom. The highest BCUT2D eigenvalue weighted by molar-refractivity contribution is 6.32. The Morgan fingerprint density at radius 1 is 1.08 bits per heavy atom. The zero-order valence-corrected chi connectivity index (χ0v) is 20.6. The van der Waals surface area contributed by atoms with Crippen LogP contribution in [-0.2, 0) is 17.9 Å². The molecule has 0 atom stereocenters. The third-order valence-electron chi connectivity index (χ3n) is 5.90. The van der Waals surface area contributed by atoms with E-state index in [9.17, 15) is 4.39 Å². The highest BCUT2D eigenvalue weighted by atomic mass is 35.5. The number of amidine groups is 1. The normalized spacial score (nSPS) is 12.5. The summed E-state index contributed by atoms with van der Waals surface area (Å²) in [6, 6.07) is 20.2. The number of aromatic nitrogens is 1. The van der Waals surface area contributed by atoms with Crippen molar-refractivity contribution in [1.82, 2.24) is 4.57 Å². The monoisotopic (exact) mass is 504 g/mol. The van der Waals surface area contributed by atoms with Crippen LogP contribution < -0.4 is 15.4 Å². The number of nitrogens with zero attached hydrogens (tertiary/aromatic N) is 2. The van der Waals surface area contributed by atoms with Crippen LogP contribution in [0.3, 0.4) is 0 Å². The molecule has 0 unspecified atom stereocenters. The van der Waals surface area contributed by atoms with Gasteiger partial charge in [0.15, 0.2) is 0 Å². The Hall–Kier alpha value is -3.81. The summed E-state index contributed by atoms with van der Waals surface area (Å²) in [7, 11) is 1.70. The fraction of sp³-hybridized carbons (Fsp3) is 0.179. The van der Waals surface area contributed by atoms with Gasteiger partial charge in [-0.3, -0.25) is 0 Å². The van der Waals surface area contributed by atoms with Crippen molar-refractivity contribution in [2.75, 3.05) is 31.0 Å². The van der Waals surface area contributed by atoms with Crippen molar-refractivity contribution in [1.29, 1.82) is 0 Å². The van der Waals surface area contributed by atoms with E-state index in [-0.39, 0.29) is 12.4 Å². The van der Waals surface area contributed by atoms with E-state index >= 15 is 0 Å². The maximum Gasteiger partial charge on any atom is 0.138 e. The number of methoxy groups -OCH3 is 1. The lowest BCUT2D eigenvalue weighted by Crippen LogP contribution is -2.22. The number of rotatable bonds is 8. The first-order valence-corrected chi connectivity index (χ1v) is 12.0. The van der Waals surface area contributed by atoms with Gasteiger partial charge < -0.3 is 24.7 Å². The van der Waals surface area contributed by atoms with Crippen molar-refractivity contribution < 1.29 is 13.9 Å². The summed E-state index contributed by atoms with van der Waals surface area (Å²) >= 11 is 6.49. The molecule has 2 heterocycles. The molecule has 36 heavy (non-hydrogen) atoms. The Kier molecular flexibility index (Phi) is 7.21. The number of hydrogen-bond donors (Lipinski definition) is 2. The van der Waals surface area contributed by atoms with E-state index in [1.807, 2.05) is 12.1 Å². The van der Waals surface area contributed by atoms with Gasteiger partial charge in [-0.25, -0.2) is 9.38 Å². The average Bonchev–Trinajstić information content (AvgIpc) is 3.36. The van der Waals surface area contributed by atoms with Crippen LogP contribution in [0.4, 0.5) is 15.8 Å². The maximum absolute atomic E-state index is 13.4. The number of fused-ring (bicyclic) bond motifs is 1. The third kappa shape index (κ3) is 5.53. The van der Waals surface area contributed by atoms with Gasteiger partial charge in [0.05, 0.1) is 11.6 Å². The molecule has 0 radical (unpaired) electrons. The standard InChI is InChI=1S/C28H26ClFN4O2/c1-35-12-11-34-10-9-21(16-34)20-5-7-26-24(14-20)28(32-18-31-26)33-23-6-8-27(25(29)15-23)36-17-19-3-2-4-22(30)13-19/h2-10,13-16,31H,11-12,17-18H2,1H3,(H,32,33). The lowest BCUT2D eigenvalue weighted by Gasteiger charge is -2.21. The summed E-state index contributed by atoms with van der Waals surface area (Å²) in [6.07, 6.45) is 4.17. The molecule has 2 N–H and O–H groups in total. The summed E-state index contributed by atoms with van der Waals surface area (Å²) in [5, 5.41) is 7.18. The Labute approximate surface area is 214 Å². The van der Waals surface area contributed by atoms with Crippen LogP contribution >= 0.6 is 11.6 Å². The van der Waals surface area contributed by atoms with Crippen molar-refractivity contribution in [3.63, 3.8) is 0 Å². The molecule has 0 fully saturated rings. The third-order valence-corrected chi connectivity index (χ3v) is 6.19. The van der Waals surface area contributed by atoms with Crippen LogP contribution in [0.15, 0.2) is 84.1 Å². The molecule has 3 aromatic carbocycles. The van der Waals surface area contributed by atoms with Crippen molar-refractivity contribution in [2.24, 2.45) is 4.99 Å². The molecule has 0 saturated carbocycles. The summed E-state index contributed by atoms with van der Waals surface area (Å²) in [5.74, 6) is 0.991. The lowest BCUT2D eigenvalue weighted by atomic mass is 10.0. The molecule has 0 aliphatic carbocycles. The first kappa shape index (κ1) is 23.9. The minimum atomic E-state index is -0.295. The largest absolute Gasteiger partial charge is 0.487 e. The van der Waals surface area contributed by atoms with E-state index in [1.54, 1.807) is 25.3 Å². The van der Waals surface area contributed by atoms with Gasteiger partial charge in [-0.15, -0.1) is 0 Å². The van der Waals surface area contributed by atoms with Crippen molar-refractivity contribution in [3.8, 4) is 16.9 Å². The van der Waals surface area contributed by atoms with Crippen molar-refractivity contribution in [2.45, 2.75) is 13.2 Å². The molecule has 0 amide bonds. The second kappa shape index (κ2) is 10.8. The quantitative estimate of drug-likeness (QED) is 0.291. The Bertz CT molecular complexity index is 1400. The van der Waals surface area contributed by atoms with Crippen LogP contribution in [0.2, 0.25) is 5.02 Å². The van der Waals surface area contributed by atoms with Gasteiger partial charge in [-0.05, 0) is 65.2 Å². The number of anilines is 2. The minimum absolute atomic E-state index is 0.228. The fourth-order valence-corrected chi connectivity index (χ4v) is 4.27. The number of hydrogen-bond acceptors (Lipinski definition) is 5. The second-order valence-corrected chi connectivity index (χ2v) is 8.83. The fourth-order valence-electron chi connectivity index (χ4n) is 4.04. The Morgan fingerprint density at radius 2 is 2.00 bits per heavy atom. The molecule has 0 bridgehead atoms. The Balaban J connectivity index is 1.31. The molecule has 1 aliphatic rings. The van der Waals surface area contributed by atoms with Crippen molar-refractivity contribution in [3.05, 3.63) is 101 Å². The molecule has 8 heteroatoms. The van der Waals surface area contributed by atoms with Crippen LogP contribution in [-0.4, -0.2) is 30.8 Å². The van der Waals surface area contributed by atoms with Gasteiger partial charge in [0.25, 0.3) is 0 Å². The van der Waals surface area contributed by atoms with Gasteiger partial charge in [-0.1, -0.05) is 29.8 Å². The summed E-state index contributed by atoms with van der Waals surface area (Å²) in [5.41, 5.74) is 5.74. The lowest BCUT2D eigenvalue weighted by molar-refractivity contribution is 0.187. The van der Waals surface area contributed by atoms with Gasteiger partial charge >= 0.3 is 0 Å². The van der Waals surface area contributed by atoms with Gasteiger partial charge in [-0.2, -0.15) is 0 Å². The molecule has 5 rings (SSSR count). The van der Waals surface area contributed by atoms with E-state index in [0.29, 0.717) is 24.0 Å². The molecule has 0 saturated heterocycles. The summed E-state index contributed by atoms with van der Waals surface area (Å²) < 4.78 is 26.5. The zero-order valence-electron chi connectivity index (χ0n) is 19.8. The van der Waals surface area contributed by atoms with Crippen molar-refractivity contribution >= 4 is 28.8 Å². The number of aliphatic imine (C=N–C) groups is 1. The number of ether oxygens (including phenoxy) is 2. The molecule has 4 aromatic rings. The SMILES string of the molecule is COCCn1ccc(-c2ccc3c(c2)C(Nc2ccc(OCc4cccc(F)c4)c(Cl)c2)=NCN3)c1. The predicted octanol–water partition coefficient (Wildman–Crippen LogP) is 6.41. The van der Waals surface area contributed by atoms with E-state index in [2.05, 4.69) is 56.9 Å². The zero-order chi connectivity index (χ0) is 24.9. The van der Waals surface area contributed by atoms with Crippen LogP contribution in [0.5, 0.6) is 5.75 Å². The highest BCUT2D eigenvalue weighted by Crippen LogP contribution is 2.31. The molecule has 1 aromatic heterocycles. The number of benzene rings is 3. The van der Waals surface area contributed by atoms with E-state index in [4.69, 9.17) is 21.1 Å². The van der Waals surface area contributed by atoms with Crippen LogP contribution in [0.25, 0.3) is 11.1 Å². The van der Waals surface area contributed by atoms with Crippen LogP contribution in [0.1, 0.15) is 11.1 Å². The highest BCUT2D eigenvalue weighted by Gasteiger charge is 2.16. The van der Waals surface area contributed by atoms with E-state index < -0.39 is 0 Å². The smallest absolute Gasteiger partial charge is 0.138 e. The van der Waals surface area contributed by atoms with Crippen LogP contribution in [0, 0.1) is 5.82 Å². The molecule has 184 valence electrons. The summed E-state index contributed by atoms with van der Waals surface area (Å²) in [4.78, 5) is 4.65. The molecule has 6 nitrogen and oxygen atoms in total. The predicted molar refractivity (Wildman–Crippen MR) is 143 cm³/mol. The number of halogens is 2. The molecule has 0 spiro atoms. The first-order valence-electron chi connectivity index (χ1n) is 11.6. The summed E-state index contributed by atoms with van der Waals surface area (Å²) in [6.45, 7) is 2.18. The topological polar surface area (TPSA) is 59.8 Å².